The fourth-order valence-corrected chi connectivity index (χ4v) is 2.87. The smallest absolute Gasteiger partial charge is 0.127 e. The van der Waals surface area contributed by atoms with E-state index in [0.717, 1.165) is 38.2 Å². The van der Waals surface area contributed by atoms with Crippen molar-refractivity contribution in [3.63, 3.8) is 0 Å². The second-order valence-corrected chi connectivity index (χ2v) is 4.52. The molecule has 3 rings (SSSR count). The molecule has 2 aliphatic rings. The molecular formula is C12H17NO2. The molecule has 1 aromatic rings. The Morgan fingerprint density at radius 1 is 1.60 bits per heavy atom. The summed E-state index contributed by atoms with van der Waals surface area (Å²) in [5.74, 6) is 1.16. The Morgan fingerprint density at radius 2 is 2.47 bits per heavy atom. The van der Waals surface area contributed by atoms with Crippen molar-refractivity contribution in [3.05, 3.63) is 23.7 Å². The van der Waals surface area contributed by atoms with Crippen molar-refractivity contribution in [1.82, 2.24) is 5.32 Å². The van der Waals surface area contributed by atoms with Crippen LogP contribution in [0, 0.1) is 0 Å². The molecule has 1 saturated carbocycles. The molecule has 0 radical (unpaired) electrons. The quantitative estimate of drug-likeness (QED) is 0.803. The summed E-state index contributed by atoms with van der Waals surface area (Å²) in [5.41, 5.74) is 1.47. The minimum absolute atomic E-state index is 0.0942. The summed E-state index contributed by atoms with van der Waals surface area (Å²) in [5, 5.41) is 3.59. The maximum Gasteiger partial charge on any atom is 0.127 e. The van der Waals surface area contributed by atoms with E-state index in [2.05, 4.69) is 18.3 Å². The Morgan fingerprint density at radius 3 is 3.27 bits per heavy atom. The number of nitrogens with one attached hydrogen (secondary N) is 1. The molecule has 0 amide bonds. The summed E-state index contributed by atoms with van der Waals surface area (Å²) >= 11 is 0. The number of rotatable bonds is 2. The normalized spacial score (nSPS) is 33.8. The van der Waals surface area contributed by atoms with Crippen LogP contribution in [0.25, 0.3) is 0 Å². The highest BCUT2D eigenvalue weighted by molar-refractivity contribution is 5.31. The van der Waals surface area contributed by atoms with Crippen LogP contribution in [0.3, 0.4) is 0 Å². The van der Waals surface area contributed by atoms with Crippen molar-refractivity contribution in [2.45, 2.75) is 37.8 Å². The van der Waals surface area contributed by atoms with Crippen molar-refractivity contribution >= 4 is 0 Å². The first kappa shape index (κ1) is 9.43. The lowest BCUT2D eigenvalue weighted by molar-refractivity contribution is -0.0634. The van der Waals surface area contributed by atoms with E-state index in [4.69, 9.17) is 9.15 Å². The summed E-state index contributed by atoms with van der Waals surface area (Å²) in [4.78, 5) is 0. The number of hydrogen-bond acceptors (Lipinski definition) is 3. The van der Waals surface area contributed by atoms with E-state index in [-0.39, 0.29) is 5.54 Å². The van der Waals surface area contributed by atoms with Crippen molar-refractivity contribution in [1.29, 1.82) is 0 Å². The number of hydrogen-bond donors (Lipinski definition) is 1. The highest BCUT2D eigenvalue weighted by atomic mass is 16.5. The predicted molar refractivity (Wildman–Crippen MR) is 56.7 cm³/mol. The molecule has 1 spiro atoms. The molecule has 1 aliphatic carbocycles. The molecule has 0 atom stereocenters. The van der Waals surface area contributed by atoms with Crippen molar-refractivity contribution in [2.75, 3.05) is 13.2 Å². The number of furan rings is 1. The fourth-order valence-electron chi connectivity index (χ4n) is 2.87. The molecule has 1 aromatic heterocycles. The van der Waals surface area contributed by atoms with Gasteiger partial charge in [-0.15, -0.1) is 0 Å². The Labute approximate surface area is 89.8 Å². The molecule has 0 saturated heterocycles. The zero-order chi connectivity index (χ0) is 10.3. The van der Waals surface area contributed by atoms with Gasteiger partial charge in [0.05, 0.1) is 17.9 Å². The van der Waals surface area contributed by atoms with Gasteiger partial charge >= 0.3 is 0 Å². The van der Waals surface area contributed by atoms with Crippen LogP contribution in [0.2, 0.25) is 0 Å². The van der Waals surface area contributed by atoms with Gasteiger partial charge in [0.1, 0.15) is 5.76 Å². The van der Waals surface area contributed by atoms with Gasteiger partial charge in [-0.1, -0.05) is 0 Å². The summed E-state index contributed by atoms with van der Waals surface area (Å²) in [7, 11) is 0. The van der Waals surface area contributed by atoms with E-state index in [0.29, 0.717) is 6.10 Å². The number of fused-ring (bicyclic) bond motifs is 2. The van der Waals surface area contributed by atoms with Gasteiger partial charge in [0, 0.05) is 13.2 Å². The molecule has 0 aromatic carbocycles. The van der Waals surface area contributed by atoms with E-state index in [1.807, 2.05) is 6.26 Å². The van der Waals surface area contributed by atoms with Crippen molar-refractivity contribution < 1.29 is 9.15 Å². The minimum atomic E-state index is 0.0942. The lowest BCUT2D eigenvalue weighted by Gasteiger charge is -2.48. The molecule has 1 aliphatic heterocycles. The Kier molecular flexibility index (Phi) is 2.11. The van der Waals surface area contributed by atoms with Gasteiger partial charge in [-0.3, -0.25) is 0 Å². The van der Waals surface area contributed by atoms with Crippen LogP contribution in [0.5, 0.6) is 0 Å². The maximum atomic E-state index is 5.62. The molecule has 15 heavy (non-hydrogen) atoms. The first-order chi connectivity index (χ1) is 7.34. The third kappa shape index (κ3) is 1.34. The third-order valence-corrected chi connectivity index (χ3v) is 3.59. The SMILES string of the molecule is CCOC1CC2(C1)NCCc1ccoc12. The van der Waals surface area contributed by atoms with Gasteiger partial charge in [0.2, 0.25) is 0 Å². The molecule has 0 bridgehead atoms. The molecule has 3 nitrogen and oxygen atoms in total. The lowest BCUT2D eigenvalue weighted by atomic mass is 9.69. The van der Waals surface area contributed by atoms with Gasteiger partial charge in [-0.25, -0.2) is 0 Å². The predicted octanol–water partition coefficient (Wildman–Crippen LogP) is 1.82. The standard InChI is InChI=1S/C12H17NO2/c1-2-14-10-7-12(8-10)11-9(3-5-13-12)4-6-15-11/h4,6,10,13H,2-3,5,7-8H2,1H3. The van der Waals surface area contributed by atoms with Crippen LogP contribution < -0.4 is 5.32 Å². The maximum absolute atomic E-state index is 5.62. The largest absolute Gasteiger partial charge is 0.467 e. The van der Waals surface area contributed by atoms with Gasteiger partial charge in [-0.2, -0.15) is 0 Å². The zero-order valence-corrected chi connectivity index (χ0v) is 9.08. The van der Waals surface area contributed by atoms with Crippen LogP contribution in [0.1, 0.15) is 31.1 Å². The van der Waals surface area contributed by atoms with Crippen LogP contribution in [-0.4, -0.2) is 19.3 Å². The molecule has 0 unspecified atom stereocenters. The second kappa shape index (κ2) is 3.35. The van der Waals surface area contributed by atoms with Crippen LogP contribution in [0.15, 0.2) is 16.7 Å². The molecular weight excluding hydrogens is 190 g/mol. The Bertz CT molecular complexity index is 352. The van der Waals surface area contributed by atoms with E-state index in [1.54, 1.807) is 0 Å². The monoisotopic (exact) mass is 207 g/mol. The first-order valence-electron chi connectivity index (χ1n) is 5.77. The molecule has 3 heteroatoms. The van der Waals surface area contributed by atoms with E-state index in [1.165, 1.54) is 5.56 Å². The summed E-state index contributed by atoms with van der Waals surface area (Å²) < 4.78 is 11.2. The van der Waals surface area contributed by atoms with E-state index < -0.39 is 0 Å². The molecule has 1 fully saturated rings. The molecule has 2 heterocycles. The van der Waals surface area contributed by atoms with Gasteiger partial charge in [0.25, 0.3) is 0 Å². The van der Waals surface area contributed by atoms with Crippen molar-refractivity contribution in [2.24, 2.45) is 0 Å². The van der Waals surface area contributed by atoms with Gasteiger partial charge in [-0.05, 0) is 37.8 Å². The van der Waals surface area contributed by atoms with Crippen LogP contribution in [-0.2, 0) is 16.7 Å². The van der Waals surface area contributed by atoms with Crippen LogP contribution in [0.4, 0.5) is 0 Å². The fraction of sp³-hybridized carbons (Fsp3) is 0.667. The Balaban J connectivity index is 1.80. The van der Waals surface area contributed by atoms with E-state index >= 15 is 0 Å². The topological polar surface area (TPSA) is 34.4 Å². The molecule has 1 N–H and O–H groups in total. The summed E-state index contributed by atoms with van der Waals surface area (Å²) in [6.45, 7) is 3.93. The summed E-state index contributed by atoms with van der Waals surface area (Å²) in [6.07, 6.45) is 5.43. The van der Waals surface area contributed by atoms with Gasteiger partial charge < -0.3 is 14.5 Å². The highest BCUT2D eigenvalue weighted by Crippen LogP contribution is 2.46. The van der Waals surface area contributed by atoms with Crippen LogP contribution >= 0.6 is 0 Å². The number of ether oxygens (including phenoxy) is 1. The lowest BCUT2D eigenvalue weighted by Crippen LogP contribution is -2.58. The molecule has 82 valence electrons. The average Bonchev–Trinajstić information content (AvgIpc) is 2.64. The Hall–Kier alpha value is -0.800. The zero-order valence-electron chi connectivity index (χ0n) is 9.08. The highest BCUT2D eigenvalue weighted by Gasteiger charge is 2.50. The third-order valence-electron chi connectivity index (χ3n) is 3.59. The average molecular weight is 207 g/mol. The second-order valence-electron chi connectivity index (χ2n) is 4.52. The first-order valence-corrected chi connectivity index (χ1v) is 5.77. The minimum Gasteiger partial charge on any atom is -0.467 e. The van der Waals surface area contributed by atoms with Crippen molar-refractivity contribution in [3.8, 4) is 0 Å². The van der Waals surface area contributed by atoms with Gasteiger partial charge in [0.15, 0.2) is 0 Å². The van der Waals surface area contributed by atoms with E-state index in [9.17, 15) is 0 Å². The summed E-state index contributed by atoms with van der Waals surface area (Å²) in [6, 6.07) is 2.10.